The van der Waals surface area contributed by atoms with Gasteiger partial charge in [-0.1, -0.05) is 34.5 Å². The number of aromatic nitrogens is 2. The lowest BCUT2D eigenvalue weighted by Crippen LogP contribution is -2.18. The van der Waals surface area contributed by atoms with Gasteiger partial charge in [-0.15, -0.1) is 10.2 Å². The third-order valence-corrected chi connectivity index (χ3v) is 9.61. The van der Waals surface area contributed by atoms with E-state index in [4.69, 9.17) is 43.8 Å². The molecule has 0 bridgehead atoms. The van der Waals surface area contributed by atoms with Crippen LogP contribution in [0.2, 0.25) is 10.0 Å². The summed E-state index contributed by atoms with van der Waals surface area (Å²) in [4.78, 5) is -2.77. The van der Waals surface area contributed by atoms with E-state index in [0.29, 0.717) is 23.5 Å². The van der Waals surface area contributed by atoms with Gasteiger partial charge in [0.2, 0.25) is 50.4 Å². The number of primary sulfonamides is 4. The van der Waals surface area contributed by atoms with Crippen LogP contribution < -0.4 is 31.2 Å². The molecular formula is C14H14Cl2N8O8S5. The van der Waals surface area contributed by atoms with Gasteiger partial charge >= 0.3 is 0 Å². The molecule has 0 atom stereocenters. The number of nitrogens with one attached hydrogen (secondary N) is 2. The topological polar surface area (TPSA) is 290 Å². The molecule has 202 valence electrons. The Bertz CT molecular complexity index is 1730. The molecule has 0 fully saturated rings. The maximum atomic E-state index is 12.0. The predicted molar refractivity (Wildman–Crippen MR) is 135 cm³/mol. The van der Waals surface area contributed by atoms with E-state index < -0.39 is 69.7 Å². The van der Waals surface area contributed by atoms with E-state index in [1.54, 1.807) is 0 Å². The Labute approximate surface area is 224 Å². The van der Waals surface area contributed by atoms with Gasteiger partial charge in [-0.25, -0.2) is 54.2 Å². The van der Waals surface area contributed by atoms with Crippen molar-refractivity contribution >= 4 is 96.3 Å². The zero-order valence-corrected chi connectivity index (χ0v) is 23.2. The molecule has 0 aliphatic rings. The number of hydrogen-bond acceptors (Lipinski definition) is 13. The highest BCUT2D eigenvalue weighted by molar-refractivity contribution is 7.90. The first-order chi connectivity index (χ1) is 16.7. The lowest BCUT2D eigenvalue weighted by molar-refractivity contribution is 0.592. The SMILES string of the molecule is NS(=O)(=O)c1cc(S(N)(=O)=O)c(Nc2nnc(Nc3cc(Cl)c(S(N)(=O)=O)cc3S(N)(=O)=O)s2)cc1Cl. The van der Waals surface area contributed by atoms with Crippen LogP contribution in [0.3, 0.4) is 0 Å². The summed E-state index contributed by atoms with van der Waals surface area (Å²) >= 11 is 12.5. The number of hydrogen-bond donors (Lipinski definition) is 6. The Kier molecular flexibility index (Phi) is 7.82. The van der Waals surface area contributed by atoms with E-state index in [1.807, 2.05) is 0 Å². The zero-order valence-electron chi connectivity index (χ0n) is 17.6. The van der Waals surface area contributed by atoms with Crippen molar-refractivity contribution in [3.63, 3.8) is 0 Å². The standard InChI is InChI=1S/C14H14Cl2N8O8S5/c15-5-1-7(11(36(19,29)30)3-9(5)34(17,25)26)21-13-23-24-14(33-13)22-8-2-6(16)10(35(18,27)28)4-12(8)37(20,31)32/h1-4H,(H,21,23)(H,22,24)(H2,17,25,26)(H2,18,27,28)(H2,19,29,30)(H2,20,31,32). The van der Waals surface area contributed by atoms with E-state index in [0.717, 1.165) is 12.1 Å². The minimum Gasteiger partial charge on any atom is -0.329 e. The highest BCUT2D eigenvalue weighted by atomic mass is 35.5. The Morgan fingerprint density at radius 2 is 0.865 bits per heavy atom. The first kappa shape index (κ1) is 29.4. The van der Waals surface area contributed by atoms with E-state index in [9.17, 15) is 33.7 Å². The van der Waals surface area contributed by atoms with Crippen molar-refractivity contribution in [2.45, 2.75) is 19.6 Å². The smallest absolute Gasteiger partial charge is 0.240 e. The van der Waals surface area contributed by atoms with Gasteiger partial charge in [0.05, 0.1) is 21.4 Å². The van der Waals surface area contributed by atoms with E-state index in [1.165, 1.54) is 0 Å². The Hall–Kier alpha value is -2.18. The molecule has 1 aromatic heterocycles. The third-order valence-electron chi connectivity index (χ3n) is 4.20. The average Bonchev–Trinajstić information content (AvgIpc) is 3.10. The van der Waals surface area contributed by atoms with E-state index in [-0.39, 0.29) is 21.6 Å². The van der Waals surface area contributed by atoms with Gasteiger partial charge in [0.1, 0.15) is 19.6 Å². The number of anilines is 4. The second kappa shape index (κ2) is 9.85. The minimum atomic E-state index is -4.49. The number of nitrogens with two attached hydrogens (primary N) is 4. The summed E-state index contributed by atoms with van der Waals surface area (Å²) < 4.78 is 94.8. The molecule has 0 amide bonds. The van der Waals surface area contributed by atoms with Crippen LogP contribution in [0.15, 0.2) is 43.8 Å². The third kappa shape index (κ3) is 6.83. The second-order valence-corrected chi connectivity index (χ2v) is 14.8. The molecule has 3 aromatic rings. The average molecular weight is 654 g/mol. The molecule has 23 heteroatoms. The van der Waals surface area contributed by atoms with Crippen molar-refractivity contribution in [1.29, 1.82) is 0 Å². The lowest BCUT2D eigenvalue weighted by atomic mass is 10.3. The first-order valence-electron chi connectivity index (χ1n) is 8.84. The van der Waals surface area contributed by atoms with Crippen LogP contribution in [0.5, 0.6) is 0 Å². The number of halogens is 2. The molecule has 0 aliphatic heterocycles. The first-order valence-corrected chi connectivity index (χ1v) is 16.6. The van der Waals surface area contributed by atoms with Gasteiger partial charge in [-0.3, -0.25) is 0 Å². The zero-order chi connectivity index (χ0) is 28.1. The summed E-state index contributed by atoms with van der Waals surface area (Å²) in [7, 11) is -17.8. The summed E-state index contributed by atoms with van der Waals surface area (Å²) in [6.45, 7) is 0. The van der Waals surface area contributed by atoms with Gasteiger partial charge in [-0.05, 0) is 24.3 Å². The lowest BCUT2D eigenvalue weighted by Gasteiger charge is -2.12. The molecule has 1 heterocycles. The summed E-state index contributed by atoms with van der Waals surface area (Å²) in [6.07, 6.45) is 0. The highest BCUT2D eigenvalue weighted by Crippen LogP contribution is 2.36. The van der Waals surface area contributed by atoms with Gasteiger partial charge < -0.3 is 10.6 Å². The van der Waals surface area contributed by atoms with Crippen LogP contribution in [-0.2, 0) is 40.1 Å². The van der Waals surface area contributed by atoms with Crippen molar-refractivity contribution < 1.29 is 33.7 Å². The minimum absolute atomic E-state index is 0.101. The van der Waals surface area contributed by atoms with Gasteiger partial charge in [0.25, 0.3) is 0 Å². The number of rotatable bonds is 8. The molecule has 10 N–H and O–H groups in total. The van der Waals surface area contributed by atoms with Crippen molar-refractivity contribution in [2.24, 2.45) is 20.6 Å². The van der Waals surface area contributed by atoms with Gasteiger partial charge in [0, 0.05) is 0 Å². The quantitative estimate of drug-likeness (QED) is 0.186. The molecule has 0 saturated carbocycles. The van der Waals surface area contributed by atoms with Crippen molar-refractivity contribution in [2.75, 3.05) is 10.6 Å². The molecule has 0 radical (unpaired) electrons. The Morgan fingerprint density at radius 3 is 1.14 bits per heavy atom. The van der Waals surface area contributed by atoms with Gasteiger partial charge in [-0.2, -0.15) is 0 Å². The van der Waals surface area contributed by atoms with Crippen LogP contribution in [-0.4, -0.2) is 43.9 Å². The number of benzene rings is 2. The largest absolute Gasteiger partial charge is 0.329 e. The molecular weight excluding hydrogens is 639 g/mol. The summed E-state index contributed by atoms with van der Waals surface area (Å²) in [5.74, 6) is 0. The number of nitrogens with zero attached hydrogens (tertiary/aromatic N) is 2. The van der Waals surface area contributed by atoms with E-state index in [2.05, 4.69) is 20.8 Å². The molecule has 3 rings (SSSR count). The maximum absolute atomic E-state index is 12.0. The normalized spacial score (nSPS) is 12.9. The summed E-state index contributed by atoms with van der Waals surface area (Å²) in [6, 6.07) is 3.17. The van der Waals surface area contributed by atoms with Crippen molar-refractivity contribution in [1.82, 2.24) is 10.2 Å². The van der Waals surface area contributed by atoms with Crippen LogP contribution in [0.25, 0.3) is 0 Å². The molecule has 0 aliphatic carbocycles. The second-order valence-electron chi connectivity index (χ2n) is 6.90. The van der Waals surface area contributed by atoms with Gasteiger partial charge in [0.15, 0.2) is 0 Å². The monoisotopic (exact) mass is 652 g/mol. The fraction of sp³-hybridized carbons (Fsp3) is 0. The maximum Gasteiger partial charge on any atom is 0.240 e. The van der Waals surface area contributed by atoms with Crippen LogP contribution in [0.4, 0.5) is 21.6 Å². The summed E-state index contributed by atoms with van der Waals surface area (Å²) in [5.41, 5.74) is -0.568. The number of sulfonamides is 4. The highest BCUT2D eigenvalue weighted by Gasteiger charge is 2.25. The predicted octanol–water partition coefficient (Wildman–Crippen LogP) is -0.0783. The Balaban J connectivity index is 2.03. The molecule has 16 nitrogen and oxygen atoms in total. The van der Waals surface area contributed by atoms with Crippen LogP contribution in [0.1, 0.15) is 0 Å². The van der Waals surface area contributed by atoms with Crippen molar-refractivity contribution in [3.8, 4) is 0 Å². The molecule has 2 aromatic carbocycles. The molecule has 0 unspecified atom stereocenters. The molecule has 0 spiro atoms. The van der Waals surface area contributed by atoms with E-state index >= 15 is 0 Å². The fourth-order valence-electron chi connectivity index (χ4n) is 2.73. The van der Waals surface area contributed by atoms with Crippen LogP contribution in [0, 0.1) is 0 Å². The van der Waals surface area contributed by atoms with Crippen LogP contribution >= 0.6 is 34.5 Å². The molecule has 37 heavy (non-hydrogen) atoms. The fourth-order valence-corrected chi connectivity index (χ4v) is 7.14. The molecule has 0 saturated heterocycles. The Morgan fingerprint density at radius 1 is 0.568 bits per heavy atom. The van der Waals surface area contributed by atoms with Crippen molar-refractivity contribution in [3.05, 3.63) is 34.3 Å². The summed E-state index contributed by atoms with van der Waals surface area (Å²) in [5, 5.41) is 32.0.